The smallest absolute Gasteiger partial charge is 0.235 e. The second-order valence-corrected chi connectivity index (χ2v) is 7.16. The molecule has 0 saturated heterocycles. The molecule has 3 aromatic heterocycles. The van der Waals surface area contributed by atoms with Crippen molar-refractivity contribution >= 4 is 28.1 Å². The van der Waals surface area contributed by atoms with Crippen LogP contribution in [0.15, 0.2) is 61.7 Å². The second kappa shape index (κ2) is 6.89. The summed E-state index contributed by atoms with van der Waals surface area (Å²) >= 11 is 1.33. The lowest BCUT2D eigenvalue weighted by molar-refractivity contribution is 0.0924. The normalized spacial score (nSPS) is 11.0. The van der Waals surface area contributed by atoms with Gasteiger partial charge in [-0.3, -0.25) is 9.59 Å². The van der Waals surface area contributed by atoms with Crippen LogP contribution in [-0.4, -0.2) is 12.4 Å². The van der Waals surface area contributed by atoms with Crippen molar-refractivity contribution in [1.29, 1.82) is 0 Å². The number of ketones is 1. The first-order valence-corrected chi connectivity index (χ1v) is 9.24. The molecular weight excluding hydrogens is 364 g/mol. The monoisotopic (exact) mass is 380 g/mol. The van der Waals surface area contributed by atoms with Crippen molar-refractivity contribution < 1.29 is 18.4 Å². The van der Waals surface area contributed by atoms with E-state index in [1.807, 2.05) is 25.3 Å². The number of fused-ring (bicyclic) bond motifs is 1. The number of Topliss-reactive ketones (excluding diaryl/α,β-unsaturated/α-hetero) is 1. The Bertz CT molecular complexity index is 1170. The number of rotatable bonds is 5. The maximum Gasteiger partial charge on any atom is 0.235 e. The van der Waals surface area contributed by atoms with Gasteiger partial charge in [-0.25, -0.2) is 0 Å². The molecule has 0 fully saturated rings. The van der Waals surface area contributed by atoms with Crippen molar-refractivity contribution in [3.05, 3.63) is 74.3 Å². The summed E-state index contributed by atoms with van der Waals surface area (Å²) in [6.07, 6.45) is 1.49. The van der Waals surface area contributed by atoms with E-state index >= 15 is 0 Å². The second-order valence-electron chi connectivity index (χ2n) is 6.21. The lowest BCUT2D eigenvalue weighted by Crippen LogP contribution is -2.16. The zero-order valence-corrected chi connectivity index (χ0v) is 15.6. The van der Waals surface area contributed by atoms with Gasteiger partial charge < -0.3 is 13.6 Å². The molecule has 0 aliphatic rings. The summed E-state index contributed by atoms with van der Waals surface area (Å²) in [5, 5.41) is 2.23. The van der Waals surface area contributed by atoms with Crippen LogP contribution < -0.4 is 10.2 Å². The van der Waals surface area contributed by atoms with E-state index < -0.39 is 0 Å². The first-order valence-electron chi connectivity index (χ1n) is 8.36. The van der Waals surface area contributed by atoms with Crippen molar-refractivity contribution in [2.24, 2.45) is 0 Å². The fourth-order valence-corrected chi connectivity index (χ4v) is 3.63. The third-order valence-corrected chi connectivity index (χ3v) is 5.08. The molecule has 0 atom stereocenters. The van der Waals surface area contributed by atoms with E-state index in [4.69, 9.17) is 13.6 Å². The van der Waals surface area contributed by atoms with Gasteiger partial charge in [0.15, 0.2) is 12.4 Å². The summed E-state index contributed by atoms with van der Waals surface area (Å²) in [6, 6.07) is 10.6. The zero-order valence-electron chi connectivity index (χ0n) is 14.8. The van der Waals surface area contributed by atoms with Gasteiger partial charge in [-0.15, -0.1) is 11.3 Å². The number of furan rings is 1. The van der Waals surface area contributed by atoms with Crippen LogP contribution in [0.1, 0.15) is 20.8 Å². The highest BCUT2D eigenvalue weighted by atomic mass is 32.1. The molecule has 27 heavy (non-hydrogen) atoms. The molecule has 3 heterocycles. The molecule has 4 aromatic rings. The standard InChI is InChI=1S/C21H16O5S/c1-12-9-13(2)19-14(10-12)18(23)21(20(26-19)16-5-3-7-24-16)25-11-15(22)17-6-4-8-27-17/h3-10H,11H2,1-2H3. The number of thiophene rings is 1. The van der Waals surface area contributed by atoms with Crippen LogP contribution in [0.3, 0.4) is 0 Å². The Balaban J connectivity index is 1.84. The van der Waals surface area contributed by atoms with Gasteiger partial charge in [-0.2, -0.15) is 0 Å². The van der Waals surface area contributed by atoms with Crippen LogP contribution in [-0.2, 0) is 0 Å². The van der Waals surface area contributed by atoms with Gasteiger partial charge >= 0.3 is 0 Å². The SMILES string of the molecule is Cc1cc(C)c2oc(-c3ccco3)c(OCC(=O)c3cccs3)c(=O)c2c1. The first-order chi connectivity index (χ1) is 13.0. The number of hydrogen-bond acceptors (Lipinski definition) is 6. The summed E-state index contributed by atoms with van der Waals surface area (Å²) < 4.78 is 17.1. The average Bonchev–Trinajstić information content (AvgIpc) is 3.35. The summed E-state index contributed by atoms with van der Waals surface area (Å²) in [4.78, 5) is 26.0. The molecule has 0 aliphatic heterocycles. The fraction of sp³-hybridized carbons (Fsp3) is 0.143. The quantitative estimate of drug-likeness (QED) is 0.456. The Hall–Kier alpha value is -3.12. The van der Waals surface area contributed by atoms with Crippen LogP contribution in [0.25, 0.3) is 22.5 Å². The minimum Gasteiger partial charge on any atom is -0.478 e. The molecule has 5 nitrogen and oxygen atoms in total. The van der Waals surface area contributed by atoms with E-state index in [1.165, 1.54) is 17.6 Å². The zero-order chi connectivity index (χ0) is 19.0. The van der Waals surface area contributed by atoms with E-state index in [-0.39, 0.29) is 29.3 Å². The van der Waals surface area contributed by atoms with E-state index in [9.17, 15) is 9.59 Å². The molecule has 0 aliphatic carbocycles. The van der Waals surface area contributed by atoms with Gasteiger partial charge in [-0.05, 0) is 54.6 Å². The van der Waals surface area contributed by atoms with Gasteiger partial charge in [0, 0.05) is 0 Å². The summed E-state index contributed by atoms with van der Waals surface area (Å²) in [6.45, 7) is 3.54. The Morgan fingerprint density at radius 1 is 1.19 bits per heavy atom. The van der Waals surface area contributed by atoms with Crippen molar-refractivity contribution in [1.82, 2.24) is 0 Å². The average molecular weight is 380 g/mol. The fourth-order valence-electron chi connectivity index (χ4n) is 2.98. The third kappa shape index (κ3) is 3.19. The van der Waals surface area contributed by atoms with Crippen LogP contribution in [0.2, 0.25) is 0 Å². The van der Waals surface area contributed by atoms with E-state index in [0.717, 1.165) is 11.1 Å². The maximum atomic E-state index is 13.1. The number of hydrogen-bond donors (Lipinski definition) is 0. The highest BCUT2D eigenvalue weighted by Gasteiger charge is 2.22. The predicted molar refractivity (Wildman–Crippen MR) is 104 cm³/mol. The van der Waals surface area contributed by atoms with Crippen molar-refractivity contribution in [3.63, 3.8) is 0 Å². The van der Waals surface area contributed by atoms with Crippen LogP contribution in [0.4, 0.5) is 0 Å². The minimum atomic E-state index is -0.326. The molecule has 0 amide bonds. The van der Waals surface area contributed by atoms with E-state index in [1.54, 1.807) is 30.3 Å². The van der Waals surface area contributed by atoms with Gasteiger partial charge in [-0.1, -0.05) is 12.1 Å². The minimum absolute atomic E-state index is 0.0210. The molecule has 0 radical (unpaired) electrons. The largest absolute Gasteiger partial charge is 0.478 e. The highest BCUT2D eigenvalue weighted by Crippen LogP contribution is 2.32. The Labute approximate surface area is 158 Å². The molecule has 6 heteroatoms. The van der Waals surface area contributed by atoms with Crippen molar-refractivity contribution in [2.45, 2.75) is 13.8 Å². The van der Waals surface area contributed by atoms with Crippen molar-refractivity contribution in [2.75, 3.05) is 6.61 Å². The highest BCUT2D eigenvalue weighted by molar-refractivity contribution is 7.12. The summed E-state index contributed by atoms with van der Waals surface area (Å²) in [7, 11) is 0. The molecule has 0 unspecified atom stereocenters. The van der Waals surface area contributed by atoms with Crippen LogP contribution in [0, 0.1) is 13.8 Å². The van der Waals surface area contributed by atoms with Gasteiger partial charge in [0.1, 0.15) is 5.58 Å². The number of benzene rings is 1. The van der Waals surface area contributed by atoms with E-state index in [2.05, 4.69) is 0 Å². The lowest BCUT2D eigenvalue weighted by Gasteiger charge is -2.11. The van der Waals surface area contributed by atoms with Gasteiger partial charge in [0.05, 0.1) is 16.5 Å². The molecule has 0 N–H and O–H groups in total. The Morgan fingerprint density at radius 2 is 2.04 bits per heavy atom. The van der Waals surface area contributed by atoms with Crippen LogP contribution >= 0.6 is 11.3 Å². The van der Waals surface area contributed by atoms with E-state index in [0.29, 0.717) is 21.6 Å². The molecule has 0 bridgehead atoms. The number of carbonyl (C=O) groups is 1. The first kappa shape index (κ1) is 17.3. The van der Waals surface area contributed by atoms with Gasteiger partial charge in [0.2, 0.25) is 22.7 Å². The Kier molecular flexibility index (Phi) is 4.41. The molecule has 4 rings (SSSR count). The maximum absolute atomic E-state index is 13.1. The molecule has 1 aromatic carbocycles. The number of carbonyl (C=O) groups excluding carboxylic acids is 1. The molecule has 0 spiro atoms. The molecular formula is C21H16O5S. The summed E-state index contributed by atoms with van der Waals surface area (Å²) in [5.74, 6) is 0.332. The summed E-state index contributed by atoms with van der Waals surface area (Å²) in [5.41, 5.74) is 1.94. The topological polar surface area (TPSA) is 69.7 Å². The third-order valence-electron chi connectivity index (χ3n) is 4.17. The predicted octanol–water partition coefficient (Wildman–Crippen LogP) is 4.99. The lowest BCUT2D eigenvalue weighted by atomic mass is 10.1. The number of ether oxygens (including phenoxy) is 1. The molecule has 0 saturated carbocycles. The van der Waals surface area contributed by atoms with Gasteiger partial charge in [0.25, 0.3) is 0 Å². The van der Waals surface area contributed by atoms with Crippen LogP contribution in [0.5, 0.6) is 5.75 Å². The molecule has 136 valence electrons. The number of aryl methyl sites for hydroxylation is 2. The Morgan fingerprint density at radius 3 is 2.74 bits per heavy atom. The van der Waals surface area contributed by atoms with Crippen molar-refractivity contribution in [3.8, 4) is 17.3 Å².